The van der Waals surface area contributed by atoms with Gasteiger partial charge in [0, 0.05) is 38.3 Å². The molecule has 24 heavy (non-hydrogen) atoms. The van der Waals surface area contributed by atoms with E-state index in [2.05, 4.69) is 11.0 Å². The number of ether oxygens (including phenoxy) is 2. The fraction of sp³-hybridized carbons (Fsp3) is 0.389. The van der Waals surface area contributed by atoms with Gasteiger partial charge in [0.25, 0.3) is 5.91 Å². The van der Waals surface area contributed by atoms with E-state index in [4.69, 9.17) is 13.9 Å². The molecule has 1 fully saturated rings. The van der Waals surface area contributed by atoms with E-state index in [1.807, 2.05) is 30.0 Å². The molecule has 2 aromatic rings. The second kappa shape index (κ2) is 6.20. The first-order valence-corrected chi connectivity index (χ1v) is 8.15. The van der Waals surface area contributed by atoms with Crippen molar-refractivity contribution in [1.82, 2.24) is 9.80 Å². The SMILES string of the molecule is Cc1ccoc1C(=O)N1CCN(Cc2ccc3c(c2)OCO3)CC1. The van der Waals surface area contributed by atoms with Crippen LogP contribution in [0.5, 0.6) is 11.5 Å². The molecule has 1 saturated heterocycles. The van der Waals surface area contributed by atoms with Crippen LogP contribution in [0.15, 0.2) is 34.9 Å². The Kier molecular flexibility index (Phi) is 3.90. The van der Waals surface area contributed by atoms with Crippen molar-refractivity contribution >= 4 is 5.91 Å². The fourth-order valence-corrected chi connectivity index (χ4v) is 3.14. The van der Waals surface area contributed by atoms with Crippen LogP contribution in [0, 0.1) is 6.92 Å². The van der Waals surface area contributed by atoms with Crippen molar-refractivity contribution in [1.29, 1.82) is 0 Å². The maximum Gasteiger partial charge on any atom is 0.289 e. The molecule has 0 spiro atoms. The average molecular weight is 328 g/mol. The van der Waals surface area contributed by atoms with Gasteiger partial charge >= 0.3 is 0 Å². The average Bonchev–Trinajstić information content (AvgIpc) is 3.23. The van der Waals surface area contributed by atoms with Crippen LogP contribution in [0.4, 0.5) is 0 Å². The van der Waals surface area contributed by atoms with Crippen LogP contribution in [-0.4, -0.2) is 48.7 Å². The van der Waals surface area contributed by atoms with Crippen LogP contribution in [-0.2, 0) is 6.54 Å². The molecule has 1 aromatic heterocycles. The summed E-state index contributed by atoms with van der Waals surface area (Å²) in [7, 11) is 0. The fourth-order valence-electron chi connectivity index (χ4n) is 3.14. The Labute approximate surface area is 140 Å². The Morgan fingerprint density at radius 1 is 1.08 bits per heavy atom. The Bertz CT molecular complexity index is 747. The van der Waals surface area contributed by atoms with Crippen LogP contribution < -0.4 is 9.47 Å². The molecular weight excluding hydrogens is 308 g/mol. The number of carbonyl (C=O) groups is 1. The number of amides is 1. The lowest BCUT2D eigenvalue weighted by Gasteiger charge is -2.34. The highest BCUT2D eigenvalue weighted by Gasteiger charge is 2.25. The number of hydrogen-bond donors (Lipinski definition) is 0. The highest BCUT2D eigenvalue weighted by atomic mass is 16.7. The summed E-state index contributed by atoms with van der Waals surface area (Å²) < 4.78 is 16.1. The zero-order chi connectivity index (χ0) is 16.5. The molecular formula is C18H20N2O4. The Hall–Kier alpha value is -2.47. The van der Waals surface area contributed by atoms with Gasteiger partial charge in [-0.15, -0.1) is 0 Å². The van der Waals surface area contributed by atoms with Gasteiger partial charge in [0.15, 0.2) is 17.3 Å². The number of piperazine rings is 1. The number of benzene rings is 1. The molecule has 2 aliphatic heterocycles. The zero-order valence-electron chi connectivity index (χ0n) is 13.7. The molecule has 6 heteroatoms. The van der Waals surface area contributed by atoms with E-state index in [9.17, 15) is 4.79 Å². The summed E-state index contributed by atoms with van der Waals surface area (Å²) in [6.45, 7) is 6.16. The first-order chi connectivity index (χ1) is 11.7. The minimum atomic E-state index is -0.0137. The van der Waals surface area contributed by atoms with E-state index in [1.165, 1.54) is 5.56 Å². The van der Waals surface area contributed by atoms with Gasteiger partial charge in [0.05, 0.1) is 6.26 Å². The summed E-state index contributed by atoms with van der Waals surface area (Å²) in [6, 6.07) is 7.88. The number of rotatable bonds is 3. The van der Waals surface area contributed by atoms with Gasteiger partial charge in [0.2, 0.25) is 6.79 Å². The van der Waals surface area contributed by atoms with Gasteiger partial charge in [-0.05, 0) is 30.7 Å². The standard InChI is InChI=1S/C18H20N2O4/c1-13-4-9-22-17(13)18(21)20-7-5-19(6-8-20)11-14-2-3-15-16(10-14)24-12-23-15/h2-4,9-10H,5-8,11-12H2,1H3. The Morgan fingerprint density at radius 3 is 2.62 bits per heavy atom. The van der Waals surface area contributed by atoms with Crippen molar-refractivity contribution < 1.29 is 18.7 Å². The molecule has 0 radical (unpaired) electrons. The van der Waals surface area contributed by atoms with Crippen LogP contribution in [0.25, 0.3) is 0 Å². The lowest BCUT2D eigenvalue weighted by molar-refractivity contribution is 0.0597. The van der Waals surface area contributed by atoms with Crippen molar-refractivity contribution in [3.05, 3.63) is 47.4 Å². The van der Waals surface area contributed by atoms with Crippen molar-refractivity contribution in [3.63, 3.8) is 0 Å². The number of carbonyl (C=O) groups excluding carboxylic acids is 1. The summed E-state index contributed by atoms with van der Waals surface area (Å²) in [4.78, 5) is 16.7. The molecule has 0 aliphatic carbocycles. The molecule has 6 nitrogen and oxygen atoms in total. The molecule has 0 atom stereocenters. The van der Waals surface area contributed by atoms with Gasteiger partial charge in [-0.3, -0.25) is 9.69 Å². The van der Waals surface area contributed by atoms with Crippen molar-refractivity contribution in [3.8, 4) is 11.5 Å². The van der Waals surface area contributed by atoms with Gasteiger partial charge in [0.1, 0.15) is 0 Å². The van der Waals surface area contributed by atoms with Crippen molar-refractivity contribution in [2.24, 2.45) is 0 Å². The lowest BCUT2D eigenvalue weighted by Crippen LogP contribution is -2.48. The highest BCUT2D eigenvalue weighted by molar-refractivity contribution is 5.92. The summed E-state index contributed by atoms with van der Waals surface area (Å²) in [5, 5.41) is 0. The second-order valence-corrected chi connectivity index (χ2v) is 6.19. The second-order valence-electron chi connectivity index (χ2n) is 6.19. The minimum Gasteiger partial charge on any atom is -0.459 e. The maximum atomic E-state index is 12.5. The van der Waals surface area contributed by atoms with Crippen LogP contribution in [0.2, 0.25) is 0 Å². The van der Waals surface area contributed by atoms with Gasteiger partial charge in [-0.25, -0.2) is 0 Å². The molecule has 3 heterocycles. The van der Waals surface area contributed by atoms with Gasteiger partial charge in [-0.2, -0.15) is 0 Å². The summed E-state index contributed by atoms with van der Waals surface area (Å²) in [5.74, 6) is 2.07. The van der Waals surface area contributed by atoms with Crippen molar-refractivity contribution in [2.75, 3.05) is 33.0 Å². The van der Waals surface area contributed by atoms with Crippen LogP contribution in [0.3, 0.4) is 0 Å². The van der Waals surface area contributed by atoms with E-state index in [-0.39, 0.29) is 5.91 Å². The van der Waals surface area contributed by atoms with Gasteiger partial charge < -0.3 is 18.8 Å². The third-order valence-electron chi connectivity index (χ3n) is 4.56. The third kappa shape index (κ3) is 2.85. The number of hydrogen-bond acceptors (Lipinski definition) is 5. The molecule has 2 aliphatic rings. The Morgan fingerprint density at radius 2 is 1.88 bits per heavy atom. The summed E-state index contributed by atoms with van der Waals surface area (Å²) >= 11 is 0. The monoisotopic (exact) mass is 328 g/mol. The number of furan rings is 1. The summed E-state index contributed by atoms with van der Waals surface area (Å²) in [5.41, 5.74) is 2.09. The molecule has 0 saturated carbocycles. The smallest absolute Gasteiger partial charge is 0.289 e. The molecule has 0 bridgehead atoms. The number of fused-ring (bicyclic) bond motifs is 1. The molecule has 1 aromatic carbocycles. The van der Waals surface area contributed by atoms with Crippen LogP contribution in [0.1, 0.15) is 21.7 Å². The predicted octanol–water partition coefficient (Wildman–Crippen LogP) is 2.27. The third-order valence-corrected chi connectivity index (χ3v) is 4.56. The minimum absolute atomic E-state index is 0.0137. The number of nitrogens with zero attached hydrogens (tertiary/aromatic N) is 2. The topological polar surface area (TPSA) is 55.2 Å². The van der Waals surface area contributed by atoms with E-state index in [1.54, 1.807) is 6.26 Å². The van der Waals surface area contributed by atoms with Crippen molar-refractivity contribution in [2.45, 2.75) is 13.5 Å². The quantitative estimate of drug-likeness (QED) is 0.865. The molecule has 0 N–H and O–H groups in total. The normalized spacial score (nSPS) is 17.3. The Balaban J connectivity index is 1.35. The largest absolute Gasteiger partial charge is 0.459 e. The summed E-state index contributed by atoms with van der Waals surface area (Å²) in [6.07, 6.45) is 1.57. The van der Waals surface area contributed by atoms with Crippen LogP contribution >= 0.6 is 0 Å². The first-order valence-electron chi connectivity index (χ1n) is 8.15. The lowest BCUT2D eigenvalue weighted by atomic mass is 10.1. The number of aryl methyl sites for hydroxylation is 1. The highest BCUT2D eigenvalue weighted by Crippen LogP contribution is 2.32. The van der Waals surface area contributed by atoms with Gasteiger partial charge in [-0.1, -0.05) is 6.07 Å². The van der Waals surface area contributed by atoms with E-state index >= 15 is 0 Å². The molecule has 0 unspecified atom stereocenters. The van der Waals surface area contributed by atoms with E-state index in [0.29, 0.717) is 25.6 Å². The maximum absolute atomic E-state index is 12.5. The zero-order valence-corrected chi connectivity index (χ0v) is 13.7. The molecule has 4 rings (SSSR count). The predicted molar refractivity (Wildman–Crippen MR) is 87.2 cm³/mol. The first kappa shape index (κ1) is 15.1. The molecule has 126 valence electrons. The van der Waals surface area contributed by atoms with E-state index in [0.717, 1.165) is 36.7 Å². The molecule has 1 amide bonds. The van der Waals surface area contributed by atoms with E-state index < -0.39 is 0 Å².